The van der Waals surface area contributed by atoms with Gasteiger partial charge in [0.1, 0.15) is 5.82 Å². The van der Waals surface area contributed by atoms with Crippen molar-refractivity contribution in [2.45, 2.75) is 32.4 Å². The van der Waals surface area contributed by atoms with Crippen LogP contribution in [0, 0.1) is 6.92 Å². The van der Waals surface area contributed by atoms with Crippen LogP contribution in [0.5, 0.6) is 0 Å². The van der Waals surface area contributed by atoms with Gasteiger partial charge in [-0.3, -0.25) is 4.90 Å². The molecule has 1 saturated heterocycles. The lowest BCUT2D eigenvalue weighted by Crippen LogP contribution is -2.25. The van der Waals surface area contributed by atoms with Crippen LogP contribution in [0.4, 0.5) is 0 Å². The maximum Gasteiger partial charge on any atom is 0.126 e. The predicted molar refractivity (Wildman–Crippen MR) is 72.4 cm³/mol. The lowest BCUT2D eigenvalue weighted by Gasteiger charge is -2.23. The normalized spacial score (nSPS) is 20.7. The molecule has 1 aliphatic heterocycles. The van der Waals surface area contributed by atoms with Crippen molar-refractivity contribution in [1.82, 2.24) is 19.4 Å². The highest BCUT2D eigenvalue weighted by atomic mass is 32.1. The van der Waals surface area contributed by atoms with E-state index in [1.807, 2.05) is 5.51 Å². The Morgan fingerprint density at radius 3 is 3.06 bits per heavy atom. The molecule has 0 aromatic carbocycles. The topological polar surface area (TPSA) is 34.0 Å². The summed E-state index contributed by atoms with van der Waals surface area (Å²) in [4.78, 5) is 11.6. The summed E-state index contributed by atoms with van der Waals surface area (Å²) in [5.41, 5.74) is 4.19. The first kappa shape index (κ1) is 11.9. The summed E-state index contributed by atoms with van der Waals surface area (Å²) in [6.45, 7) is 4.15. The molecule has 1 unspecified atom stereocenters. The fraction of sp³-hybridized carbons (Fsp3) is 0.538. The molecule has 3 rings (SSSR count). The van der Waals surface area contributed by atoms with Crippen molar-refractivity contribution in [3.8, 4) is 0 Å². The SMILES string of the molecule is Cc1cn(C)c(C2CCCN2Cc2cscn2)n1. The van der Waals surface area contributed by atoms with E-state index in [0.29, 0.717) is 6.04 Å². The fourth-order valence-electron chi connectivity index (χ4n) is 2.78. The summed E-state index contributed by atoms with van der Waals surface area (Å²) in [5, 5.41) is 2.14. The molecule has 2 aromatic heterocycles. The Bertz CT molecular complexity index is 517. The largest absolute Gasteiger partial charge is 0.336 e. The highest BCUT2D eigenvalue weighted by Crippen LogP contribution is 2.32. The summed E-state index contributed by atoms with van der Waals surface area (Å²) in [6, 6.07) is 0.449. The summed E-state index contributed by atoms with van der Waals surface area (Å²) >= 11 is 1.67. The van der Waals surface area contributed by atoms with Crippen LogP contribution >= 0.6 is 11.3 Å². The molecule has 2 aromatic rings. The van der Waals surface area contributed by atoms with Crippen molar-refractivity contribution < 1.29 is 0 Å². The first-order valence-corrected chi connectivity index (χ1v) is 7.29. The Hall–Kier alpha value is -1.20. The van der Waals surface area contributed by atoms with Crippen molar-refractivity contribution in [2.24, 2.45) is 7.05 Å². The zero-order valence-corrected chi connectivity index (χ0v) is 11.7. The lowest BCUT2D eigenvalue weighted by molar-refractivity contribution is 0.234. The molecule has 18 heavy (non-hydrogen) atoms. The molecular formula is C13H18N4S. The summed E-state index contributed by atoms with van der Waals surface area (Å²) in [5.74, 6) is 1.19. The number of nitrogens with zero attached hydrogens (tertiary/aromatic N) is 4. The molecule has 0 bridgehead atoms. The zero-order valence-electron chi connectivity index (χ0n) is 10.8. The molecule has 1 aliphatic rings. The lowest BCUT2D eigenvalue weighted by atomic mass is 10.2. The Morgan fingerprint density at radius 2 is 2.39 bits per heavy atom. The first-order chi connectivity index (χ1) is 8.74. The molecule has 96 valence electrons. The van der Waals surface area contributed by atoms with Crippen LogP contribution in [0.25, 0.3) is 0 Å². The minimum absolute atomic E-state index is 0.449. The van der Waals surface area contributed by atoms with Gasteiger partial charge < -0.3 is 4.57 Å². The number of hydrogen-bond donors (Lipinski definition) is 0. The minimum atomic E-state index is 0.449. The molecule has 0 amide bonds. The second kappa shape index (κ2) is 4.82. The van der Waals surface area contributed by atoms with Crippen molar-refractivity contribution in [3.05, 3.63) is 34.3 Å². The van der Waals surface area contributed by atoms with Gasteiger partial charge in [-0.25, -0.2) is 9.97 Å². The molecule has 1 fully saturated rings. The molecule has 0 spiro atoms. The molecular weight excluding hydrogens is 244 g/mol. The molecule has 1 atom stereocenters. The van der Waals surface area contributed by atoms with Gasteiger partial charge in [0.15, 0.2) is 0 Å². The van der Waals surface area contributed by atoms with Crippen molar-refractivity contribution in [3.63, 3.8) is 0 Å². The number of imidazole rings is 1. The third-order valence-electron chi connectivity index (χ3n) is 3.54. The van der Waals surface area contributed by atoms with Gasteiger partial charge in [0, 0.05) is 25.2 Å². The summed E-state index contributed by atoms with van der Waals surface area (Å²) < 4.78 is 2.17. The molecule has 0 aliphatic carbocycles. The molecule has 5 heteroatoms. The number of thiazole rings is 1. The Balaban J connectivity index is 1.81. The van der Waals surface area contributed by atoms with Gasteiger partial charge in [0.05, 0.1) is 22.9 Å². The molecule has 3 heterocycles. The standard InChI is InChI=1S/C13H18N4S/c1-10-6-16(2)13(15-10)12-4-3-5-17(12)7-11-8-18-9-14-11/h6,8-9,12H,3-5,7H2,1-2H3. The van der Waals surface area contributed by atoms with Gasteiger partial charge in [0.25, 0.3) is 0 Å². The van der Waals surface area contributed by atoms with E-state index < -0.39 is 0 Å². The summed E-state index contributed by atoms with van der Waals surface area (Å²) in [6.07, 6.45) is 4.56. The van der Waals surface area contributed by atoms with E-state index in [-0.39, 0.29) is 0 Å². The maximum absolute atomic E-state index is 4.68. The van der Waals surface area contributed by atoms with Crippen LogP contribution in [-0.4, -0.2) is 26.0 Å². The van der Waals surface area contributed by atoms with Crippen molar-refractivity contribution in [2.75, 3.05) is 6.54 Å². The Morgan fingerprint density at radius 1 is 1.50 bits per heavy atom. The quantitative estimate of drug-likeness (QED) is 0.852. The molecule has 4 nitrogen and oxygen atoms in total. The number of hydrogen-bond acceptors (Lipinski definition) is 4. The van der Waals surface area contributed by atoms with E-state index in [1.54, 1.807) is 11.3 Å². The van der Waals surface area contributed by atoms with E-state index in [1.165, 1.54) is 24.4 Å². The summed E-state index contributed by atoms with van der Waals surface area (Å²) in [7, 11) is 2.09. The average molecular weight is 262 g/mol. The van der Waals surface area contributed by atoms with Gasteiger partial charge in [-0.1, -0.05) is 0 Å². The van der Waals surface area contributed by atoms with Gasteiger partial charge in [0.2, 0.25) is 0 Å². The van der Waals surface area contributed by atoms with Crippen LogP contribution in [0.15, 0.2) is 17.1 Å². The number of rotatable bonds is 3. The Kier molecular flexibility index (Phi) is 3.18. The minimum Gasteiger partial charge on any atom is -0.336 e. The number of aromatic nitrogens is 3. The van der Waals surface area contributed by atoms with Crippen molar-refractivity contribution >= 4 is 11.3 Å². The van der Waals surface area contributed by atoms with Gasteiger partial charge in [-0.2, -0.15) is 0 Å². The van der Waals surface area contributed by atoms with E-state index in [4.69, 9.17) is 0 Å². The number of likely N-dealkylation sites (tertiary alicyclic amines) is 1. The van der Waals surface area contributed by atoms with Gasteiger partial charge in [-0.15, -0.1) is 11.3 Å². The van der Waals surface area contributed by atoms with Crippen LogP contribution in [0.2, 0.25) is 0 Å². The third kappa shape index (κ3) is 2.20. The highest BCUT2D eigenvalue weighted by molar-refractivity contribution is 7.07. The molecule has 0 N–H and O–H groups in total. The highest BCUT2D eigenvalue weighted by Gasteiger charge is 2.29. The Labute approximate surface area is 111 Å². The monoisotopic (exact) mass is 262 g/mol. The van der Waals surface area contributed by atoms with E-state index in [0.717, 1.165) is 18.8 Å². The van der Waals surface area contributed by atoms with Crippen molar-refractivity contribution in [1.29, 1.82) is 0 Å². The first-order valence-electron chi connectivity index (χ1n) is 6.35. The van der Waals surface area contributed by atoms with Crippen LogP contribution in [0.1, 0.15) is 36.1 Å². The molecule has 0 radical (unpaired) electrons. The van der Waals surface area contributed by atoms with E-state index in [9.17, 15) is 0 Å². The van der Waals surface area contributed by atoms with E-state index in [2.05, 4.69) is 45.0 Å². The maximum atomic E-state index is 4.68. The average Bonchev–Trinajstić information content (AvgIpc) is 3.02. The van der Waals surface area contributed by atoms with E-state index >= 15 is 0 Å². The zero-order chi connectivity index (χ0) is 12.5. The fourth-order valence-corrected chi connectivity index (χ4v) is 3.33. The van der Waals surface area contributed by atoms with Crippen LogP contribution in [0.3, 0.4) is 0 Å². The van der Waals surface area contributed by atoms with Crippen LogP contribution < -0.4 is 0 Å². The second-order valence-electron chi connectivity index (χ2n) is 4.96. The van der Waals surface area contributed by atoms with Gasteiger partial charge >= 0.3 is 0 Å². The number of aryl methyl sites for hydroxylation is 2. The van der Waals surface area contributed by atoms with Crippen LogP contribution in [-0.2, 0) is 13.6 Å². The predicted octanol–water partition coefficient (Wildman–Crippen LogP) is 2.52. The molecule has 0 saturated carbocycles. The second-order valence-corrected chi connectivity index (χ2v) is 5.68. The smallest absolute Gasteiger partial charge is 0.126 e. The third-order valence-corrected chi connectivity index (χ3v) is 4.18. The van der Waals surface area contributed by atoms with Gasteiger partial charge in [-0.05, 0) is 26.3 Å².